The Hall–Kier alpha value is -1.93. The zero-order chi connectivity index (χ0) is 28.1. The first-order valence-corrected chi connectivity index (χ1v) is 13.2. The predicted molar refractivity (Wildman–Crippen MR) is 124 cm³/mol. The zero-order valence-corrected chi connectivity index (χ0v) is 21.8. The van der Waals surface area contributed by atoms with Gasteiger partial charge in [-0.2, -0.15) is 18.2 Å². The maximum absolute atomic E-state index is 13.2. The van der Waals surface area contributed by atoms with Crippen molar-refractivity contribution in [3.8, 4) is 11.5 Å². The van der Waals surface area contributed by atoms with Gasteiger partial charge in [0, 0.05) is 6.42 Å². The lowest BCUT2D eigenvalue weighted by molar-refractivity contribution is -0.141. The number of hydrogen-bond donors (Lipinski definition) is 5. The molecule has 15 heteroatoms. The molecule has 3 rings (SSSR count). The van der Waals surface area contributed by atoms with Gasteiger partial charge in [0.1, 0.15) is 29.7 Å². The summed E-state index contributed by atoms with van der Waals surface area (Å²) < 4.78 is 63.5. The van der Waals surface area contributed by atoms with Gasteiger partial charge >= 0.3 is 13.8 Å². The topological polar surface area (TPSA) is 175 Å². The molecule has 3 heterocycles. The fourth-order valence-corrected chi connectivity index (χ4v) is 5.44. The number of halogens is 3. The highest BCUT2D eigenvalue weighted by molar-refractivity contribution is 7.54. The second-order valence-electron chi connectivity index (χ2n) is 9.71. The number of ether oxygens (including phenoxy) is 1. The van der Waals surface area contributed by atoms with Crippen molar-refractivity contribution in [2.24, 2.45) is 0 Å². The smallest absolute Gasteiger partial charge is 0.388 e. The van der Waals surface area contributed by atoms with Crippen LogP contribution in [0.25, 0.3) is 11.5 Å². The van der Waals surface area contributed by atoms with Crippen molar-refractivity contribution in [2.45, 2.75) is 95.4 Å². The molecule has 0 aromatic rings. The van der Waals surface area contributed by atoms with Crippen LogP contribution in [0.2, 0.25) is 0 Å². The quantitative estimate of drug-likeness (QED) is 0.306. The van der Waals surface area contributed by atoms with Crippen molar-refractivity contribution < 1.29 is 47.2 Å². The molecule has 0 aromatic carbocycles. The van der Waals surface area contributed by atoms with E-state index in [1.165, 1.54) is 13.8 Å². The van der Waals surface area contributed by atoms with Crippen LogP contribution in [0.15, 0.2) is 10.9 Å². The molecule has 208 valence electrons. The Morgan fingerprint density at radius 2 is 1.78 bits per heavy atom. The standard InChI is InChI=1S/C22H31F3N3O8P/c1-6-20(4,36-37(33,34)21(5,32)7-2)9-13-14(29)15(30)16(35-13)11-8-12-18(28-19(11)31)27-17(10(3)26-12)22(23,24)25/h8,13-16,29-30,32H,6-7,9H2,1-5H3,(H,33,34)(H,27,28,31)/t13-,14?,15+,16+,20?,21?/m1/s1. The number of aromatic amines is 1. The molecule has 0 saturated carbocycles. The first-order valence-electron chi connectivity index (χ1n) is 11.6. The molecule has 1 fully saturated rings. The number of pyridine rings is 1. The van der Waals surface area contributed by atoms with E-state index in [0.717, 1.165) is 19.9 Å². The average molecular weight is 553 g/mol. The van der Waals surface area contributed by atoms with E-state index in [2.05, 4.69) is 15.0 Å². The third-order valence-electron chi connectivity index (χ3n) is 6.84. The maximum Gasteiger partial charge on any atom is 0.433 e. The van der Waals surface area contributed by atoms with E-state index in [0.29, 0.717) is 0 Å². The number of nitrogens with one attached hydrogen (secondary N) is 1. The number of aromatic nitrogens is 3. The molecule has 0 bridgehead atoms. The summed E-state index contributed by atoms with van der Waals surface area (Å²) >= 11 is 0. The van der Waals surface area contributed by atoms with Gasteiger partial charge in [0.25, 0.3) is 5.56 Å². The van der Waals surface area contributed by atoms with E-state index in [-0.39, 0.29) is 36.2 Å². The summed E-state index contributed by atoms with van der Waals surface area (Å²) in [4.78, 5) is 32.6. The molecule has 3 aliphatic heterocycles. The Morgan fingerprint density at radius 3 is 2.32 bits per heavy atom. The third kappa shape index (κ3) is 5.75. The van der Waals surface area contributed by atoms with Crippen LogP contribution in [0.5, 0.6) is 0 Å². The normalized spacial score (nSPS) is 27.6. The summed E-state index contributed by atoms with van der Waals surface area (Å²) in [6, 6.07) is 1.13. The Labute approximate surface area is 210 Å². The Bertz CT molecular complexity index is 1220. The Kier molecular flexibility index (Phi) is 8.00. The highest BCUT2D eigenvalue weighted by Crippen LogP contribution is 2.59. The first kappa shape index (κ1) is 29.6. The van der Waals surface area contributed by atoms with Crippen LogP contribution < -0.4 is 5.56 Å². The molecule has 3 aliphatic rings. The summed E-state index contributed by atoms with van der Waals surface area (Å²) in [5, 5.41) is 29.6. The summed E-state index contributed by atoms with van der Waals surface area (Å²) in [5.74, 6) is -0.412. The molecule has 0 amide bonds. The molecule has 5 N–H and O–H groups in total. The molecule has 1 saturated heterocycles. The molecular formula is C22H31F3N3O8P. The fraction of sp³-hybridized carbons (Fsp3) is 0.682. The van der Waals surface area contributed by atoms with E-state index in [4.69, 9.17) is 9.26 Å². The van der Waals surface area contributed by atoms with Crippen molar-refractivity contribution in [3.05, 3.63) is 33.4 Å². The Balaban J connectivity index is 1.91. The first-order chi connectivity index (χ1) is 16.9. The summed E-state index contributed by atoms with van der Waals surface area (Å²) in [6.07, 6.45) is -10.6. The molecule has 0 aliphatic carbocycles. The highest BCUT2D eigenvalue weighted by atomic mass is 31.2. The van der Waals surface area contributed by atoms with Gasteiger partial charge in [0.15, 0.2) is 11.2 Å². The molecule has 4 unspecified atom stereocenters. The number of nitrogens with zero attached hydrogens (tertiary/aromatic N) is 2. The zero-order valence-electron chi connectivity index (χ0n) is 20.9. The van der Waals surface area contributed by atoms with E-state index in [1.54, 1.807) is 6.92 Å². The molecule has 37 heavy (non-hydrogen) atoms. The SMILES string of the molecule is CCC(C)(C[C@H]1O[C@@H](c2cc3nc(C)c(C(F)(F)F)[nH]c-3nc2=O)[C@@H](O)C1O)OP(=O)(O)C(C)(O)CC. The largest absolute Gasteiger partial charge is 0.433 e. The number of aliphatic hydroxyl groups excluding tert-OH is 2. The molecule has 0 spiro atoms. The summed E-state index contributed by atoms with van der Waals surface area (Å²) in [6.45, 7) is 6.94. The van der Waals surface area contributed by atoms with E-state index >= 15 is 0 Å². The highest BCUT2D eigenvalue weighted by Gasteiger charge is 2.51. The summed E-state index contributed by atoms with van der Waals surface area (Å²) in [5.41, 5.74) is -4.24. The number of aryl methyl sites for hydroxylation is 1. The minimum absolute atomic E-state index is 0.0689. The number of alkyl halides is 3. The van der Waals surface area contributed by atoms with Gasteiger partial charge in [-0.15, -0.1) is 0 Å². The fourth-order valence-electron chi connectivity index (χ4n) is 4.05. The van der Waals surface area contributed by atoms with Crippen LogP contribution >= 0.6 is 7.60 Å². The maximum atomic E-state index is 13.2. The summed E-state index contributed by atoms with van der Waals surface area (Å²) in [7, 11) is -4.55. The van der Waals surface area contributed by atoms with Gasteiger partial charge in [-0.1, -0.05) is 13.8 Å². The second kappa shape index (κ2) is 9.99. The minimum atomic E-state index is -4.74. The predicted octanol–water partition coefficient (Wildman–Crippen LogP) is 2.64. The van der Waals surface area contributed by atoms with Crippen molar-refractivity contribution in [1.82, 2.24) is 15.0 Å². The van der Waals surface area contributed by atoms with Gasteiger partial charge in [-0.3, -0.25) is 9.36 Å². The lowest BCUT2D eigenvalue weighted by atomic mass is 9.92. The second-order valence-corrected chi connectivity index (χ2v) is 11.9. The lowest BCUT2D eigenvalue weighted by Crippen LogP contribution is -2.40. The van der Waals surface area contributed by atoms with Gasteiger partial charge < -0.3 is 34.5 Å². The van der Waals surface area contributed by atoms with Gasteiger partial charge in [0.2, 0.25) is 0 Å². The molecule has 0 aromatic heterocycles. The van der Waals surface area contributed by atoms with Crippen molar-refractivity contribution in [2.75, 3.05) is 0 Å². The average Bonchev–Trinajstić information content (AvgIpc) is 3.05. The Morgan fingerprint density at radius 1 is 1.16 bits per heavy atom. The molecule has 0 radical (unpaired) electrons. The van der Waals surface area contributed by atoms with Crippen LogP contribution in [0.4, 0.5) is 13.2 Å². The van der Waals surface area contributed by atoms with Crippen LogP contribution in [0.1, 0.15) is 70.0 Å². The monoisotopic (exact) mass is 553 g/mol. The number of hydrogen-bond acceptors (Lipinski definition) is 9. The van der Waals surface area contributed by atoms with Gasteiger partial charge in [0.05, 0.1) is 23.0 Å². The van der Waals surface area contributed by atoms with Crippen molar-refractivity contribution >= 4 is 7.60 Å². The molecular weight excluding hydrogens is 522 g/mol. The number of aliphatic hydroxyl groups is 3. The van der Waals surface area contributed by atoms with E-state index in [9.17, 15) is 42.7 Å². The number of fused-ring (bicyclic) bond motifs is 1. The van der Waals surface area contributed by atoms with Crippen molar-refractivity contribution in [3.63, 3.8) is 0 Å². The lowest BCUT2D eigenvalue weighted by Gasteiger charge is -2.37. The van der Waals surface area contributed by atoms with Gasteiger partial charge in [-0.25, -0.2) is 4.98 Å². The van der Waals surface area contributed by atoms with E-state index < -0.39 is 66.2 Å². The number of H-pyrrole nitrogens is 1. The van der Waals surface area contributed by atoms with Crippen LogP contribution in [-0.2, 0) is 20.0 Å². The van der Waals surface area contributed by atoms with Crippen LogP contribution in [0.3, 0.4) is 0 Å². The van der Waals surface area contributed by atoms with Crippen LogP contribution in [0, 0.1) is 6.92 Å². The molecule has 7 atom stereocenters. The van der Waals surface area contributed by atoms with E-state index in [1.807, 2.05) is 0 Å². The van der Waals surface area contributed by atoms with Crippen LogP contribution in [-0.4, -0.2) is 64.4 Å². The third-order valence-corrected chi connectivity index (χ3v) is 9.07. The molecule has 11 nitrogen and oxygen atoms in total. The van der Waals surface area contributed by atoms with Crippen molar-refractivity contribution in [1.29, 1.82) is 0 Å². The van der Waals surface area contributed by atoms with Gasteiger partial charge in [-0.05, 0) is 39.7 Å². The number of rotatable bonds is 8. The minimum Gasteiger partial charge on any atom is -0.388 e.